The minimum Gasteiger partial charge on any atom is -0.495 e. The second kappa shape index (κ2) is 6.19. The molecule has 0 amide bonds. The fraction of sp³-hybridized carbons (Fsp3) is 0.571. The first-order valence-corrected chi connectivity index (χ1v) is 7.63. The van der Waals surface area contributed by atoms with E-state index in [2.05, 4.69) is 46.6 Å². The summed E-state index contributed by atoms with van der Waals surface area (Å²) in [4.78, 5) is 15.4. The van der Waals surface area contributed by atoms with Gasteiger partial charge < -0.3 is 9.64 Å². The van der Waals surface area contributed by atoms with Crippen molar-refractivity contribution in [2.75, 3.05) is 32.1 Å². The number of piperazine rings is 1. The van der Waals surface area contributed by atoms with Crippen LogP contribution in [0.2, 0.25) is 0 Å². The predicted octanol–water partition coefficient (Wildman–Crippen LogP) is 2.89. The van der Waals surface area contributed by atoms with Gasteiger partial charge in [0.1, 0.15) is 11.4 Å². The highest BCUT2D eigenvalue weighted by molar-refractivity contribution is 9.10. The Bertz CT molecular complexity index is 541. The second-order valence-corrected chi connectivity index (χ2v) is 6.36. The van der Waals surface area contributed by atoms with Gasteiger partial charge in [-0.2, -0.15) is 0 Å². The summed E-state index contributed by atoms with van der Waals surface area (Å²) >= 11 is 3.31. The van der Waals surface area contributed by atoms with Gasteiger partial charge in [0.05, 0.1) is 16.5 Å². The number of hydrogen-bond donors (Lipinski definition) is 0. The van der Waals surface area contributed by atoms with Crippen molar-refractivity contribution in [3.63, 3.8) is 0 Å². The normalized spacial score (nSPS) is 23.2. The molecule has 0 bridgehead atoms. The quantitative estimate of drug-likeness (QED) is 0.614. The van der Waals surface area contributed by atoms with Crippen LogP contribution >= 0.6 is 15.9 Å². The third kappa shape index (κ3) is 3.13. The van der Waals surface area contributed by atoms with Gasteiger partial charge in [0.15, 0.2) is 0 Å². The summed E-state index contributed by atoms with van der Waals surface area (Å²) in [7, 11) is 3.65. The Kier molecular flexibility index (Phi) is 4.73. The van der Waals surface area contributed by atoms with Gasteiger partial charge in [-0.1, -0.05) is 0 Å². The van der Waals surface area contributed by atoms with E-state index >= 15 is 0 Å². The van der Waals surface area contributed by atoms with Crippen LogP contribution in [0.4, 0.5) is 11.4 Å². The molecule has 2 unspecified atom stereocenters. The molecule has 1 aliphatic rings. The number of ether oxygens (including phenoxy) is 1. The molecule has 0 radical (unpaired) electrons. The number of rotatable bonds is 3. The van der Waals surface area contributed by atoms with Crippen LogP contribution < -0.4 is 9.64 Å². The van der Waals surface area contributed by atoms with Crippen LogP contribution in [0.1, 0.15) is 13.8 Å². The van der Waals surface area contributed by atoms with Crippen molar-refractivity contribution >= 4 is 27.3 Å². The Morgan fingerprint density at radius 1 is 1.33 bits per heavy atom. The van der Waals surface area contributed by atoms with Crippen molar-refractivity contribution in [3.05, 3.63) is 26.7 Å². The standard InChI is InChI=1S/C14H20BrN3O3/c1-9-7-17(8-10(2)16(9)3)12-6-14(21-4)11(15)5-13(12)18(19)20/h5-6,9-10H,7-8H2,1-4H3. The maximum Gasteiger partial charge on any atom is 0.293 e. The molecular weight excluding hydrogens is 338 g/mol. The van der Waals surface area contributed by atoms with E-state index in [1.54, 1.807) is 13.2 Å². The van der Waals surface area contributed by atoms with E-state index in [0.717, 1.165) is 13.1 Å². The van der Waals surface area contributed by atoms with Gasteiger partial charge in [-0.05, 0) is 36.8 Å². The van der Waals surface area contributed by atoms with Crippen LogP contribution in [0, 0.1) is 10.1 Å². The van der Waals surface area contributed by atoms with Crippen molar-refractivity contribution in [2.24, 2.45) is 0 Å². The first kappa shape index (κ1) is 16.0. The number of methoxy groups -OCH3 is 1. The molecule has 116 valence electrons. The smallest absolute Gasteiger partial charge is 0.293 e. The Balaban J connectivity index is 2.44. The lowest BCUT2D eigenvalue weighted by Crippen LogP contribution is -2.55. The van der Waals surface area contributed by atoms with Crippen LogP contribution in [0.15, 0.2) is 16.6 Å². The van der Waals surface area contributed by atoms with Crippen LogP contribution in [-0.2, 0) is 0 Å². The number of hydrogen-bond acceptors (Lipinski definition) is 5. The Hall–Kier alpha value is -1.34. The highest BCUT2D eigenvalue weighted by atomic mass is 79.9. The highest BCUT2D eigenvalue weighted by Crippen LogP contribution is 2.39. The highest BCUT2D eigenvalue weighted by Gasteiger charge is 2.31. The van der Waals surface area contributed by atoms with Crippen LogP contribution in [0.5, 0.6) is 5.75 Å². The third-order valence-corrected chi connectivity index (χ3v) is 4.77. The van der Waals surface area contributed by atoms with Gasteiger partial charge in [-0.25, -0.2) is 0 Å². The van der Waals surface area contributed by atoms with E-state index in [9.17, 15) is 10.1 Å². The van der Waals surface area contributed by atoms with E-state index < -0.39 is 0 Å². The molecule has 21 heavy (non-hydrogen) atoms. The van der Waals surface area contributed by atoms with Gasteiger partial charge in [-0.3, -0.25) is 15.0 Å². The monoisotopic (exact) mass is 357 g/mol. The molecule has 0 N–H and O–H groups in total. The summed E-state index contributed by atoms with van der Waals surface area (Å²) in [5, 5.41) is 11.4. The molecule has 1 saturated heterocycles. The molecule has 7 heteroatoms. The number of likely N-dealkylation sites (N-methyl/N-ethyl adjacent to an activating group) is 1. The molecule has 0 spiro atoms. The fourth-order valence-corrected chi connectivity index (χ4v) is 3.18. The average molecular weight is 358 g/mol. The molecule has 2 atom stereocenters. The number of anilines is 1. The van der Waals surface area contributed by atoms with Gasteiger partial charge in [0.2, 0.25) is 0 Å². The lowest BCUT2D eigenvalue weighted by atomic mass is 10.1. The Morgan fingerprint density at radius 3 is 2.38 bits per heavy atom. The molecule has 0 saturated carbocycles. The van der Waals surface area contributed by atoms with E-state index in [1.165, 1.54) is 6.07 Å². The first-order chi connectivity index (χ1) is 9.85. The molecular formula is C14H20BrN3O3. The summed E-state index contributed by atoms with van der Waals surface area (Å²) in [6.07, 6.45) is 0. The zero-order valence-corrected chi connectivity index (χ0v) is 14.3. The fourth-order valence-electron chi connectivity index (χ4n) is 2.69. The summed E-state index contributed by atoms with van der Waals surface area (Å²) < 4.78 is 5.87. The molecule has 0 aliphatic carbocycles. The SMILES string of the molecule is COc1cc(N2CC(C)N(C)C(C)C2)c([N+](=O)[O-])cc1Br. The first-order valence-electron chi connectivity index (χ1n) is 6.84. The molecule has 1 heterocycles. The molecule has 1 aromatic rings. The topological polar surface area (TPSA) is 58.8 Å². The summed E-state index contributed by atoms with van der Waals surface area (Å²) in [6.45, 7) is 5.77. The molecule has 2 rings (SSSR count). The lowest BCUT2D eigenvalue weighted by Gasteiger charge is -2.43. The largest absolute Gasteiger partial charge is 0.495 e. The van der Waals surface area contributed by atoms with E-state index in [4.69, 9.17) is 4.74 Å². The zero-order chi connectivity index (χ0) is 15.7. The van der Waals surface area contributed by atoms with Gasteiger partial charge in [0, 0.05) is 37.3 Å². The third-order valence-electron chi connectivity index (χ3n) is 4.15. The Morgan fingerprint density at radius 2 is 1.90 bits per heavy atom. The zero-order valence-electron chi connectivity index (χ0n) is 12.7. The number of benzene rings is 1. The maximum atomic E-state index is 11.4. The lowest BCUT2D eigenvalue weighted by molar-refractivity contribution is -0.384. The Labute approximate surface area is 132 Å². The predicted molar refractivity (Wildman–Crippen MR) is 86.2 cm³/mol. The summed E-state index contributed by atoms with van der Waals surface area (Å²) in [5.41, 5.74) is 0.721. The van der Waals surface area contributed by atoms with Crippen LogP contribution in [-0.4, -0.2) is 49.2 Å². The number of nitro benzene ring substituents is 1. The van der Waals surface area contributed by atoms with Crippen molar-refractivity contribution in [1.82, 2.24) is 4.90 Å². The maximum absolute atomic E-state index is 11.4. The minimum absolute atomic E-state index is 0.103. The molecule has 1 aliphatic heterocycles. The second-order valence-electron chi connectivity index (χ2n) is 5.50. The van der Waals surface area contributed by atoms with E-state index in [0.29, 0.717) is 28.0 Å². The number of nitrogens with zero attached hydrogens (tertiary/aromatic N) is 3. The van der Waals surface area contributed by atoms with E-state index in [1.807, 2.05) is 0 Å². The molecule has 0 aromatic heterocycles. The summed E-state index contributed by atoms with van der Waals surface area (Å²) in [6, 6.07) is 3.93. The van der Waals surface area contributed by atoms with Crippen molar-refractivity contribution in [1.29, 1.82) is 0 Å². The average Bonchev–Trinajstić information content (AvgIpc) is 2.43. The van der Waals surface area contributed by atoms with Crippen molar-refractivity contribution in [3.8, 4) is 5.75 Å². The summed E-state index contributed by atoms with van der Waals surface area (Å²) in [5.74, 6) is 0.606. The van der Waals surface area contributed by atoms with Crippen molar-refractivity contribution in [2.45, 2.75) is 25.9 Å². The molecule has 1 fully saturated rings. The van der Waals surface area contributed by atoms with Crippen molar-refractivity contribution < 1.29 is 9.66 Å². The van der Waals surface area contributed by atoms with Gasteiger partial charge >= 0.3 is 0 Å². The molecule has 1 aromatic carbocycles. The number of nitro groups is 1. The minimum atomic E-state index is -0.340. The van der Waals surface area contributed by atoms with Crippen LogP contribution in [0.3, 0.4) is 0 Å². The van der Waals surface area contributed by atoms with Gasteiger partial charge in [0.25, 0.3) is 5.69 Å². The van der Waals surface area contributed by atoms with Gasteiger partial charge in [-0.15, -0.1) is 0 Å². The van der Waals surface area contributed by atoms with Crippen LogP contribution in [0.25, 0.3) is 0 Å². The number of halogens is 1. The van der Waals surface area contributed by atoms with E-state index in [-0.39, 0.29) is 10.6 Å². The molecule has 6 nitrogen and oxygen atoms in total.